The van der Waals surface area contributed by atoms with Crippen LogP contribution in [0.2, 0.25) is 0 Å². The molecule has 92 valence electrons. The Balaban J connectivity index is 1.94. The zero-order chi connectivity index (χ0) is 12.1. The summed E-state index contributed by atoms with van der Waals surface area (Å²) < 4.78 is 11.0. The van der Waals surface area contributed by atoms with Gasteiger partial charge in [0.15, 0.2) is 0 Å². The van der Waals surface area contributed by atoms with E-state index in [9.17, 15) is 4.79 Å². The van der Waals surface area contributed by atoms with Crippen LogP contribution in [0.1, 0.15) is 31.2 Å². The third-order valence-corrected chi connectivity index (χ3v) is 3.09. The summed E-state index contributed by atoms with van der Waals surface area (Å²) in [6, 6.07) is 7.99. The predicted octanol–water partition coefficient (Wildman–Crippen LogP) is 2.55. The molecule has 0 bridgehead atoms. The molecule has 2 unspecified atom stereocenters. The van der Waals surface area contributed by atoms with Gasteiger partial charge in [-0.25, -0.2) is 0 Å². The van der Waals surface area contributed by atoms with E-state index in [1.165, 1.54) is 5.56 Å². The van der Waals surface area contributed by atoms with Gasteiger partial charge in [-0.15, -0.1) is 0 Å². The molecular weight excluding hydrogens is 216 g/mol. The Kier molecular flexibility index (Phi) is 4.15. The fraction of sp³-hybridized carbons (Fsp3) is 0.500. The molecule has 1 aliphatic rings. The van der Waals surface area contributed by atoms with Crippen molar-refractivity contribution in [3.63, 3.8) is 0 Å². The molecule has 1 aromatic rings. The molecule has 0 aromatic heterocycles. The lowest BCUT2D eigenvalue weighted by atomic mass is 9.99. The number of hydrogen-bond donors (Lipinski definition) is 0. The third kappa shape index (κ3) is 3.30. The largest absolute Gasteiger partial charge is 0.488 e. The van der Waals surface area contributed by atoms with E-state index in [0.717, 1.165) is 25.1 Å². The lowest BCUT2D eigenvalue weighted by Crippen LogP contribution is -2.15. The minimum atomic E-state index is 0.188. The highest BCUT2D eigenvalue weighted by molar-refractivity contribution is 5.51. The molecule has 3 nitrogen and oxygen atoms in total. The second-order valence-electron chi connectivity index (χ2n) is 4.48. The molecule has 1 aromatic carbocycles. The molecule has 2 rings (SSSR count). The van der Waals surface area contributed by atoms with Crippen molar-refractivity contribution in [1.82, 2.24) is 0 Å². The van der Waals surface area contributed by atoms with Crippen LogP contribution in [0.4, 0.5) is 0 Å². The number of rotatable bonds is 5. The number of benzene rings is 1. The highest BCUT2D eigenvalue weighted by atomic mass is 16.5. The van der Waals surface area contributed by atoms with E-state index >= 15 is 0 Å². The van der Waals surface area contributed by atoms with Crippen LogP contribution in [0.15, 0.2) is 24.3 Å². The van der Waals surface area contributed by atoms with Crippen molar-refractivity contribution in [2.75, 3.05) is 13.2 Å². The molecule has 0 aliphatic carbocycles. The van der Waals surface area contributed by atoms with Crippen LogP contribution < -0.4 is 4.74 Å². The van der Waals surface area contributed by atoms with E-state index < -0.39 is 0 Å². The van der Waals surface area contributed by atoms with Gasteiger partial charge >= 0.3 is 0 Å². The molecule has 1 fully saturated rings. The second-order valence-corrected chi connectivity index (χ2v) is 4.48. The summed E-state index contributed by atoms with van der Waals surface area (Å²) in [4.78, 5) is 10.4. The van der Waals surface area contributed by atoms with Gasteiger partial charge in [-0.05, 0) is 23.6 Å². The minimum absolute atomic E-state index is 0.188. The Morgan fingerprint density at radius 3 is 2.82 bits per heavy atom. The van der Waals surface area contributed by atoms with Crippen LogP contribution in [0.25, 0.3) is 0 Å². The first kappa shape index (κ1) is 12.1. The number of carbonyl (C=O) groups excluding carboxylic acids is 1. The Hall–Kier alpha value is -1.35. The average Bonchev–Trinajstić information content (AvgIpc) is 2.83. The van der Waals surface area contributed by atoms with E-state index in [0.29, 0.717) is 13.0 Å². The summed E-state index contributed by atoms with van der Waals surface area (Å²) in [7, 11) is 0. The SMILES string of the molecule is CC(CC=O)c1ccc(OC2CCOC2)cc1. The van der Waals surface area contributed by atoms with Crippen molar-refractivity contribution in [3.05, 3.63) is 29.8 Å². The van der Waals surface area contributed by atoms with Crippen molar-refractivity contribution < 1.29 is 14.3 Å². The Bertz CT molecular complexity index is 352. The topological polar surface area (TPSA) is 35.5 Å². The molecule has 2 atom stereocenters. The zero-order valence-electron chi connectivity index (χ0n) is 10.1. The van der Waals surface area contributed by atoms with Crippen molar-refractivity contribution >= 4 is 6.29 Å². The Morgan fingerprint density at radius 2 is 2.24 bits per heavy atom. The molecule has 0 radical (unpaired) electrons. The molecule has 1 aliphatic heterocycles. The molecule has 0 N–H and O–H groups in total. The first-order valence-corrected chi connectivity index (χ1v) is 6.07. The highest BCUT2D eigenvalue weighted by Gasteiger charge is 2.17. The molecule has 0 saturated carbocycles. The van der Waals surface area contributed by atoms with E-state index in [4.69, 9.17) is 9.47 Å². The standard InChI is InChI=1S/C14H18O3/c1-11(6-8-15)12-2-4-13(5-3-12)17-14-7-9-16-10-14/h2-5,8,11,14H,6-7,9-10H2,1H3. The normalized spacial score (nSPS) is 21.1. The second kappa shape index (κ2) is 5.82. The Morgan fingerprint density at radius 1 is 1.47 bits per heavy atom. The van der Waals surface area contributed by atoms with Gasteiger partial charge in [0, 0.05) is 12.8 Å². The molecule has 1 saturated heterocycles. The number of hydrogen-bond acceptors (Lipinski definition) is 3. The summed E-state index contributed by atoms with van der Waals surface area (Å²) in [6.45, 7) is 3.53. The van der Waals surface area contributed by atoms with Crippen molar-refractivity contribution in [2.45, 2.75) is 31.8 Å². The maximum Gasteiger partial charge on any atom is 0.124 e. The summed E-state index contributed by atoms with van der Waals surface area (Å²) in [5.74, 6) is 1.15. The molecule has 0 amide bonds. The lowest BCUT2D eigenvalue weighted by molar-refractivity contribution is -0.108. The fourth-order valence-corrected chi connectivity index (χ4v) is 1.95. The molecule has 1 heterocycles. The molecule has 0 spiro atoms. The van der Waals surface area contributed by atoms with Gasteiger partial charge in [-0.1, -0.05) is 19.1 Å². The zero-order valence-corrected chi connectivity index (χ0v) is 10.1. The van der Waals surface area contributed by atoms with Crippen LogP contribution in [0.5, 0.6) is 5.75 Å². The third-order valence-electron chi connectivity index (χ3n) is 3.09. The minimum Gasteiger partial charge on any atom is -0.488 e. The van der Waals surface area contributed by atoms with Crippen molar-refractivity contribution in [1.29, 1.82) is 0 Å². The van der Waals surface area contributed by atoms with Gasteiger partial charge in [0.25, 0.3) is 0 Å². The van der Waals surface area contributed by atoms with Crippen LogP contribution in [-0.2, 0) is 9.53 Å². The van der Waals surface area contributed by atoms with Crippen LogP contribution in [0.3, 0.4) is 0 Å². The summed E-state index contributed by atoms with van der Waals surface area (Å²) >= 11 is 0. The maximum atomic E-state index is 10.4. The van der Waals surface area contributed by atoms with Crippen molar-refractivity contribution in [2.24, 2.45) is 0 Å². The highest BCUT2D eigenvalue weighted by Crippen LogP contribution is 2.22. The number of carbonyl (C=O) groups is 1. The quantitative estimate of drug-likeness (QED) is 0.734. The fourth-order valence-electron chi connectivity index (χ4n) is 1.95. The van der Waals surface area contributed by atoms with E-state index in [1.807, 2.05) is 24.3 Å². The Labute approximate surface area is 102 Å². The first-order valence-electron chi connectivity index (χ1n) is 6.07. The summed E-state index contributed by atoms with van der Waals surface area (Å²) in [5.41, 5.74) is 1.17. The summed E-state index contributed by atoms with van der Waals surface area (Å²) in [6.07, 6.45) is 2.68. The van der Waals surface area contributed by atoms with E-state index in [2.05, 4.69) is 6.92 Å². The maximum absolute atomic E-state index is 10.4. The number of aldehydes is 1. The smallest absolute Gasteiger partial charge is 0.124 e. The van der Waals surface area contributed by atoms with Crippen molar-refractivity contribution in [3.8, 4) is 5.75 Å². The predicted molar refractivity (Wildman–Crippen MR) is 65.4 cm³/mol. The van der Waals surface area contributed by atoms with Gasteiger partial charge < -0.3 is 14.3 Å². The van der Waals surface area contributed by atoms with Crippen LogP contribution in [-0.4, -0.2) is 25.6 Å². The van der Waals surface area contributed by atoms with Gasteiger partial charge in [0.1, 0.15) is 18.1 Å². The molecule has 3 heteroatoms. The lowest BCUT2D eigenvalue weighted by Gasteiger charge is -2.13. The van der Waals surface area contributed by atoms with Crippen LogP contribution >= 0.6 is 0 Å². The van der Waals surface area contributed by atoms with Gasteiger partial charge in [-0.2, -0.15) is 0 Å². The van der Waals surface area contributed by atoms with Crippen LogP contribution in [0, 0.1) is 0 Å². The molecular formula is C14H18O3. The van der Waals surface area contributed by atoms with Gasteiger partial charge in [0.05, 0.1) is 13.2 Å². The average molecular weight is 234 g/mol. The van der Waals surface area contributed by atoms with E-state index in [-0.39, 0.29) is 12.0 Å². The van der Waals surface area contributed by atoms with Gasteiger partial charge in [0.2, 0.25) is 0 Å². The van der Waals surface area contributed by atoms with Gasteiger partial charge in [-0.3, -0.25) is 0 Å². The first-order chi connectivity index (χ1) is 8.29. The number of ether oxygens (including phenoxy) is 2. The summed E-state index contributed by atoms with van der Waals surface area (Å²) in [5, 5.41) is 0. The monoisotopic (exact) mass is 234 g/mol. The molecule has 17 heavy (non-hydrogen) atoms. The van der Waals surface area contributed by atoms with E-state index in [1.54, 1.807) is 0 Å².